The zero-order valence-corrected chi connectivity index (χ0v) is 11.8. The molecule has 1 saturated carbocycles. The van der Waals surface area contributed by atoms with E-state index in [2.05, 4.69) is 5.32 Å². The number of phenols is 1. The van der Waals surface area contributed by atoms with Gasteiger partial charge in [-0.3, -0.25) is 0 Å². The first-order chi connectivity index (χ1) is 9.31. The van der Waals surface area contributed by atoms with Crippen LogP contribution in [0.3, 0.4) is 0 Å². The monoisotopic (exact) mass is 263 g/mol. The molecule has 0 aliphatic heterocycles. The number of methoxy groups -OCH3 is 1. The lowest BCUT2D eigenvalue weighted by Gasteiger charge is -2.21. The van der Waals surface area contributed by atoms with Crippen molar-refractivity contribution in [2.45, 2.75) is 57.5 Å². The summed E-state index contributed by atoms with van der Waals surface area (Å²) in [5.74, 6) is 0.820. The topological polar surface area (TPSA) is 41.5 Å². The molecule has 2 N–H and O–H groups in total. The molecule has 0 amide bonds. The Balaban J connectivity index is 1.90. The van der Waals surface area contributed by atoms with E-state index in [0.29, 0.717) is 18.3 Å². The Morgan fingerprint density at radius 1 is 1.16 bits per heavy atom. The van der Waals surface area contributed by atoms with Crippen LogP contribution >= 0.6 is 0 Å². The average molecular weight is 263 g/mol. The van der Waals surface area contributed by atoms with E-state index >= 15 is 0 Å². The van der Waals surface area contributed by atoms with Crippen LogP contribution in [0.25, 0.3) is 0 Å². The average Bonchev–Trinajstić information content (AvgIpc) is 2.39. The number of ether oxygens (including phenoxy) is 1. The fourth-order valence-electron chi connectivity index (χ4n) is 2.79. The normalized spacial score (nSPS) is 17.7. The van der Waals surface area contributed by atoms with Gasteiger partial charge in [0.1, 0.15) is 0 Å². The third kappa shape index (κ3) is 4.13. The molecular formula is C16H25NO2. The Morgan fingerprint density at radius 3 is 2.53 bits per heavy atom. The number of hydrogen-bond acceptors (Lipinski definition) is 3. The third-order valence-corrected chi connectivity index (χ3v) is 3.99. The molecule has 0 spiro atoms. The molecule has 0 radical (unpaired) electrons. The largest absolute Gasteiger partial charge is 0.504 e. The summed E-state index contributed by atoms with van der Waals surface area (Å²) >= 11 is 0. The summed E-state index contributed by atoms with van der Waals surface area (Å²) in [6, 6.07) is 6.25. The first kappa shape index (κ1) is 14.2. The molecule has 0 saturated heterocycles. The van der Waals surface area contributed by atoms with Crippen molar-refractivity contribution >= 4 is 0 Å². The van der Waals surface area contributed by atoms with Crippen molar-refractivity contribution in [3.05, 3.63) is 23.8 Å². The highest BCUT2D eigenvalue weighted by Gasteiger charge is 2.12. The number of nitrogens with one attached hydrogen (secondary N) is 1. The van der Waals surface area contributed by atoms with Gasteiger partial charge in [0.05, 0.1) is 7.11 Å². The quantitative estimate of drug-likeness (QED) is 0.872. The first-order valence-corrected chi connectivity index (χ1v) is 7.39. The fourth-order valence-corrected chi connectivity index (χ4v) is 2.79. The molecule has 19 heavy (non-hydrogen) atoms. The number of rotatable bonds is 4. The molecule has 1 aromatic carbocycles. The Kier molecular flexibility index (Phi) is 5.52. The van der Waals surface area contributed by atoms with Crippen molar-refractivity contribution in [3.63, 3.8) is 0 Å². The van der Waals surface area contributed by atoms with Crippen LogP contribution in [-0.4, -0.2) is 18.3 Å². The molecule has 106 valence electrons. The van der Waals surface area contributed by atoms with Crippen LogP contribution in [0.2, 0.25) is 0 Å². The van der Waals surface area contributed by atoms with Gasteiger partial charge in [-0.05, 0) is 18.9 Å². The molecule has 0 unspecified atom stereocenters. The molecule has 0 aromatic heterocycles. The van der Waals surface area contributed by atoms with Crippen LogP contribution in [0.15, 0.2) is 18.2 Å². The second-order valence-electron chi connectivity index (χ2n) is 5.39. The molecule has 3 nitrogen and oxygen atoms in total. The summed E-state index contributed by atoms with van der Waals surface area (Å²) in [5, 5.41) is 13.6. The minimum Gasteiger partial charge on any atom is -0.504 e. The zero-order chi connectivity index (χ0) is 13.5. The molecule has 0 atom stereocenters. The van der Waals surface area contributed by atoms with Crippen LogP contribution in [0.5, 0.6) is 11.5 Å². The highest BCUT2D eigenvalue weighted by atomic mass is 16.5. The minimum absolute atomic E-state index is 0.267. The molecule has 1 aliphatic carbocycles. The Hall–Kier alpha value is -1.22. The van der Waals surface area contributed by atoms with Crippen molar-refractivity contribution in [2.75, 3.05) is 7.11 Å². The Morgan fingerprint density at radius 2 is 1.84 bits per heavy atom. The summed E-state index contributed by atoms with van der Waals surface area (Å²) < 4.78 is 5.14. The van der Waals surface area contributed by atoms with Crippen molar-refractivity contribution in [1.82, 2.24) is 5.32 Å². The summed E-state index contributed by atoms with van der Waals surface area (Å²) in [6.45, 7) is 0.716. The maximum absolute atomic E-state index is 10.1. The molecule has 3 heteroatoms. The fraction of sp³-hybridized carbons (Fsp3) is 0.625. The van der Waals surface area contributed by atoms with Crippen molar-refractivity contribution in [2.24, 2.45) is 0 Å². The van der Waals surface area contributed by atoms with E-state index in [1.165, 1.54) is 44.9 Å². The van der Waals surface area contributed by atoms with Crippen LogP contribution in [0.1, 0.15) is 50.5 Å². The van der Waals surface area contributed by atoms with E-state index in [0.717, 1.165) is 5.56 Å². The van der Waals surface area contributed by atoms with Gasteiger partial charge in [0, 0.05) is 18.2 Å². The molecule has 2 rings (SSSR count). The maximum atomic E-state index is 10.1. The predicted octanol–water partition coefficient (Wildman–Crippen LogP) is 3.60. The second kappa shape index (κ2) is 7.39. The van der Waals surface area contributed by atoms with Crippen LogP contribution < -0.4 is 10.1 Å². The summed E-state index contributed by atoms with van der Waals surface area (Å²) in [4.78, 5) is 0. The zero-order valence-electron chi connectivity index (χ0n) is 11.8. The third-order valence-electron chi connectivity index (χ3n) is 3.99. The second-order valence-corrected chi connectivity index (χ2v) is 5.39. The summed E-state index contributed by atoms with van der Waals surface area (Å²) in [7, 11) is 1.58. The van der Waals surface area contributed by atoms with E-state index in [1.807, 2.05) is 12.1 Å². The molecular weight excluding hydrogens is 238 g/mol. The van der Waals surface area contributed by atoms with Gasteiger partial charge in [-0.1, -0.05) is 44.2 Å². The van der Waals surface area contributed by atoms with Gasteiger partial charge in [0.15, 0.2) is 11.5 Å². The summed E-state index contributed by atoms with van der Waals surface area (Å²) in [5.41, 5.74) is 0.918. The number of para-hydroxylation sites is 1. The van der Waals surface area contributed by atoms with Crippen LogP contribution in [-0.2, 0) is 6.54 Å². The highest BCUT2D eigenvalue weighted by molar-refractivity contribution is 5.45. The lowest BCUT2D eigenvalue weighted by molar-refractivity contribution is 0.362. The lowest BCUT2D eigenvalue weighted by atomic mass is 9.96. The number of aromatic hydroxyl groups is 1. The van der Waals surface area contributed by atoms with Gasteiger partial charge in [-0.2, -0.15) is 0 Å². The Bertz CT molecular complexity index is 384. The number of hydrogen-bond donors (Lipinski definition) is 2. The molecule has 1 fully saturated rings. The van der Waals surface area contributed by atoms with Crippen LogP contribution in [0.4, 0.5) is 0 Å². The smallest absolute Gasteiger partial charge is 0.162 e. The standard InChI is InChI=1S/C16H25NO2/c1-19-15-11-7-8-13(16(15)18)12-17-14-9-5-3-2-4-6-10-14/h7-8,11,14,17-18H,2-6,9-10,12H2,1H3. The predicted molar refractivity (Wildman–Crippen MR) is 77.6 cm³/mol. The summed E-state index contributed by atoms with van der Waals surface area (Å²) in [6.07, 6.45) is 9.27. The minimum atomic E-state index is 0.267. The van der Waals surface area contributed by atoms with E-state index < -0.39 is 0 Å². The molecule has 0 bridgehead atoms. The van der Waals surface area contributed by atoms with Gasteiger partial charge in [0.25, 0.3) is 0 Å². The van der Waals surface area contributed by atoms with Crippen LogP contribution in [0, 0.1) is 0 Å². The first-order valence-electron chi connectivity index (χ1n) is 7.39. The Labute approximate surface area is 116 Å². The van der Waals surface area contributed by atoms with E-state index in [-0.39, 0.29) is 5.75 Å². The molecule has 1 aliphatic rings. The maximum Gasteiger partial charge on any atom is 0.162 e. The van der Waals surface area contributed by atoms with Gasteiger partial charge in [-0.15, -0.1) is 0 Å². The van der Waals surface area contributed by atoms with E-state index in [4.69, 9.17) is 4.74 Å². The molecule has 0 heterocycles. The van der Waals surface area contributed by atoms with Gasteiger partial charge in [0.2, 0.25) is 0 Å². The van der Waals surface area contributed by atoms with Crippen molar-refractivity contribution in [1.29, 1.82) is 0 Å². The lowest BCUT2D eigenvalue weighted by Crippen LogP contribution is -2.29. The number of benzene rings is 1. The number of phenolic OH excluding ortho intramolecular Hbond substituents is 1. The van der Waals surface area contributed by atoms with E-state index in [9.17, 15) is 5.11 Å². The SMILES string of the molecule is COc1cccc(CNC2CCCCCCC2)c1O. The van der Waals surface area contributed by atoms with Gasteiger partial charge < -0.3 is 15.2 Å². The van der Waals surface area contributed by atoms with E-state index in [1.54, 1.807) is 13.2 Å². The van der Waals surface area contributed by atoms with Gasteiger partial charge in [-0.25, -0.2) is 0 Å². The highest BCUT2D eigenvalue weighted by Crippen LogP contribution is 2.29. The van der Waals surface area contributed by atoms with Crippen molar-refractivity contribution < 1.29 is 9.84 Å². The van der Waals surface area contributed by atoms with Crippen molar-refractivity contribution in [3.8, 4) is 11.5 Å². The van der Waals surface area contributed by atoms with Gasteiger partial charge >= 0.3 is 0 Å². The molecule has 1 aromatic rings.